The van der Waals surface area contributed by atoms with E-state index in [1.807, 2.05) is 25.4 Å². The van der Waals surface area contributed by atoms with Gasteiger partial charge in [0.1, 0.15) is 6.04 Å². The zero-order chi connectivity index (χ0) is 12.8. The number of pyridine rings is 1. The number of hydrogen-bond acceptors (Lipinski definition) is 4. The van der Waals surface area contributed by atoms with E-state index in [1.165, 1.54) is 0 Å². The monoisotopic (exact) mass is 249 g/mol. The number of amides is 1. The molecule has 1 fully saturated rings. The van der Waals surface area contributed by atoms with Crippen molar-refractivity contribution in [3.05, 3.63) is 30.1 Å². The van der Waals surface area contributed by atoms with Gasteiger partial charge in [0.05, 0.1) is 13.2 Å². The summed E-state index contributed by atoms with van der Waals surface area (Å²) in [6.45, 7) is 2.59. The summed E-state index contributed by atoms with van der Waals surface area (Å²) in [6.07, 6.45) is 4.41. The van der Waals surface area contributed by atoms with Crippen molar-refractivity contribution in [3.63, 3.8) is 0 Å². The maximum absolute atomic E-state index is 12.1. The fourth-order valence-electron chi connectivity index (χ4n) is 1.94. The molecule has 0 aromatic carbocycles. The summed E-state index contributed by atoms with van der Waals surface area (Å²) in [5, 5.41) is 3.17. The molecule has 98 valence electrons. The van der Waals surface area contributed by atoms with Gasteiger partial charge in [-0.2, -0.15) is 0 Å². The molecular weight excluding hydrogens is 230 g/mol. The lowest BCUT2D eigenvalue weighted by atomic mass is 10.2. The number of nitrogens with zero attached hydrogens (tertiary/aromatic N) is 2. The lowest BCUT2D eigenvalue weighted by molar-refractivity contribution is -0.135. The topological polar surface area (TPSA) is 54.5 Å². The van der Waals surface area contributed by atoms with E-state index in [0.717, 1.165) is 18.5 Å². The number of ether oxygens (including phenoxy) is 1. The van der Waals surface area contributed by atoms with Gasteiger partial charge in [0, 0.05) is 32.5 Å². The standard InChI is InChI=1S/C13H19N3O2/c1-16(7-4-11-3-2-5-14-9-11)13(17)12-10-18-8-6-15-12/h2-3,5,9,12,15H,4,6-8,10H2,1H3. The van der Waals surface area contributed by atoms with Crippen LogP contribution in [-0.2, 0) is 16.0 Å². The van der Waals surface area contributed by atoms with Crippen molar-refractivity contribution in [2.45, 2.75) is 12.5 Å². The summed E-state index contributed by atoms with van der Waals surface area (Å²) >= 11 is 0. The van der Waals surface area contributed by atoms with Gasteiger partial charge in [-0.25, -0.2) is 0 Å². The SMILES string of the molecule is CN(CCc1cccnc1)C(=O)C1COCCN1. The predicted molar refractivity (Wildman–Crippen MR) is 68.2 cm³/mol. The number of carbonyl (C=O) groups is 1. The Morgan fingerprint density at radius 1 is 1.67 bits per heavy atom. The van der Waals surface area contributed by atoms with Gasteiger partial charge in [0.25, 0.3) is 0 Å². The average molecular weight is 249 g/mol. The highest BCUT2D eigenvalue weighted by Crippen LogP contribution is 2.02. The summed E-state index contributed by atoms with van der Waals surface area (Å²) in [7, 11) is 1.83. The molecule has 0 spiro atoms. The van der Waals surface area contributed by atoms with Gasteiger partial charge in [-0.15, -0.1) is 0 Å². The van der Waals surface area contributed by atoms with Crippen LogP contribution in [0, 0.1) is 0 Å². The van der Waals surface area contributed by atoms with Crippen LogP contribution in [0.5, 0.6) is 0 Å². The number of carbonyl (C=O) groups excluding carboxylic acids is 1. The van der Waals surface area contributed by atoms with Gasteiger partial charge in [0.15, 0.2) is 0 Å². The quantitative estimate of drug-likeness (QED) is 0.820. The van der Waals surface area contributed by atoms with Crippen LogP contribution in [0.25, 0.3) is 0 Å². The van der Waals surface area contributed by atoms with E-state index < -0.39 is 0 Å². The second kappa shape index (κ2) is 6.47. The third kappa shape index (κ3) is 3.51. The van der Waals surface area contributed by atoms with E-state index in [-0.39, 0.29) is 11.9 Å². The smallest absolute Gasteiger partial charge is 0.241 e. The molecule has 1 aromatic heterocycles. The van der Waals surface area contributed by atoms with Crippen molar-refractivity contribution < 1.29 is 9.53 Å². The van der Waals surface area contributed by atoms with E-state index in [9.17, 15) is 4.79 Å². The molecule has 1 aromatic rings. The molecule has 0 saturated carbocycles. The van der Waals surface area contributed by atoms with Gasteiger partial charge in [-0.1, -0.05) is 6.07 Å². The van der Waals surface area contributed by atoms with Gasteiger partial charge < -0.3 is 15.0 Å². The molecule has 18 heavy (non-hydrogen) atoms. The second-order valence-corrected chi connectivity index (χ2v) is 4.45. The average Bonchev–Trinajstić information content (AvgIpc) is 2.46. The molecule has 0 bridgehead atoms. The van der Waals surface area contributed by atoms with Crippen molar-refractivity contribution in [2.24, 2.45) is 0 Å². The first kappa shape index (κ1) is 13.0. The van der Waals surface area contributed by atoms with Crippen LogP contribution >= 0.6 is 0 Å². The van der Waals surface area contributed by atoms with Gasteiger partial charge in [0.2, 0.25) is 5.91 Å². The summed E-state index contributed by atoms with van der Waals surface area (Å²) in [6, 6.07) is 3.73. The van der Waals surface area contributed by atoms with Crippen molar-refractivity contribution >= 4 is 5.91 Å². The van der Waals surface area contributed by atoms with Crippen LogP contribution in [0.1, 0.15) is 5.56 Å². The van der Waals surface area contributed by atoms with E-state index >= 15 is 0 Å². The number of likely N-dealkylation sites (N-methyl/N-ethyl adjacent to an activating group) is 1. The first-order valence-electron chi connectivity index (χ1n) is 6.22. The van der Waals surface area contributed by atoms with Crippen LogP contribution in [0.2, 0.25) is 0 Å². The van der Waals surface area contributed by atoms with Gasteiger partial charge in [-0.05, 0) is 18.1 Å². The third-order valence-corrected chi connectivity index (χ3v) is 3.05. The van der Waals surface area contributed by atoms with E-state index in [4.69, 9.17) is 4.74 Å². The molecule has 0 aliphatic carbocycles. The molecule has 1 atom stereocenters. The second-order valence-electron chi connectivity index (χ2n) is 4.45. The maximum atomic E-state index is 12.1. The highest BCUT2D eigenvalue weighted by molar-refractivity contribution is 5.81. The van der Waals surface area contributed by atoms with Crippen molar-refractivity contribution in [3.8, 4) is 0 Å². The molecule has 0 radical (unpaired) electrons. The lowest BCUT2D eigenvalue weighted by Crippen LogP contribution is -2.51. The molecule has 1 saturated heterocycles. The summed E-state index contributed by atoms with van der Waals surface area (Å²) < 4.78 is 5.30. The summed E-state index contributed by atoms with van der Waals surface area (Å²) in [5.41, 5.74) is 1.14. The van der Waals surface area contributed by atoms with Crippen molar-refractivity contribution in [2.75, 3.05) is 33.4 Å². The van der Waals surface area contributed by atoms with Gasteiger partial charge in [-0.3, -0.25) is 9.78 Å². The highest BCUT2D eigenvalue weighted by atomic mass is 16.5. The Morgan fingerprint density at radius 2 is 2.56 bits per heavy atom. The van der Waals surface area contributed by atoms with Crippen LogP contribution < -0.4 is 5.32 Å². The molecule has 5 nitrogen and oxygen atoms in total. The Balaban J connectivity index is 1.80. The molecule has 2 heterocycles. The van der Waals surface area contributed by atoms with Crippen LogP contribution in [0.3, 0.4) is 0 Å². The minimum absolute atomic E-state index is 0.0959. The third-order valence-electron chi connectivity index (χ3n) is 3.05. The molecule has 1 N–H and O–H groups in total. The Morgan fingerprint density at radius 3 is 3.22 bits per heavy atom. The summed E-state index contributed by atoms with van der Waals surface area (Å²) in [5.74, 6) is 0.0959. The molecule has 1 aliphatic heterocycles. The molecule has 5 heteroatoms. The van der Waals surface area contributed by atoms with E-state index in [2.05, 4.69) is 10.3 Å². The Labute approximate surface area is 107 Å². The van der Waals surface area contributed by atoms with Crippen molar-refractivity contribution in [1.29, 1.82) is 0 Å². The van der Waals surface area contributed by atoms with Crippen LogP contribution in [-0.4, -0.2) is 55.2 Å². The molecular formula is C13H19N3O2. The number of hydrogen-bond donors (Lipinski definition) is 1. The van der Waals surface area contributed by atoms with E-state index in [0.29, 0.717) is 19.8 Å². The molecule has 1 unspecified atom stereocenters. The number of morpholine rings is 1. The minimum Gasteiger partial charge on any atom is -0.378 e. The predicted octanol–water partition coefficient (Wildman–Crippen LogP) is 0.0709. The lowest BCUT2D eigenvalue weighted by Gasteiger charge is -2.27. The fourth-order valence-corrected chi connectivity index (χ4v) is 1.94. The molecule has 1 aliphatic rings. The van der Waals surface area contributed by atoms with Crippen molar-refractivity contribution in [1.82, 2.24) is 15.2 Å². The van der Waals surface area contributed by atoms with Crippen LogP contribution in [0.15, 0.2) is 24.5 Å². The van der Waals surface area contributed by atoms with Gasteiger partial charge >= 0.3 is 0 Å². The maximum Gasteiger partial charge on any atom is 0.241 e. The molecule has 2 rings (SSSR count). The van der Waals surface area contributed by atoms with E-state index in [1.54, 1.807) is 11.1 Å². The fraction of sp³-hybridized carbons (Fsp3) is 0.538. The normalized spacial score (nSPS) is 19.5. The zero-order valence-corrected chi connectivity index (χ0v) is 10.6. The van der Waals surface area contributed by atoms with Crippen LogP contribution in [0.4, 0.5) is 0 Å². The summed E-state index contributed by atoms with van der Waals surface area (Å²) in [4.78, 5) is 17.9. The number of nitrogens with one attached hydrogen (secondary N) is 1. The molecule has 1 amide bonds. The first-order valence-corrected chi connectivity index (χ1v) is 6.22. The number of aromatic nitrogens is 1. The zero-order valence-electron chi connectivity index (χ0n) is 10.6. The Bertz CT molecular complexity index is 377. The largest absolute Gasteiger partial charge is 0.378 e. The Hall–Kier alpha value is -1.46. The minimum atomic E-state index is -0.197. The number of rotatable bonds is 4. The first-order chi connectivity index (χ1) is 8.77. The Kier molecular flexibility index (Phi) is 4.66. The highest BCUT2D eigenvalue weighted by Gasteiger charge is 2.23.